The third-order valence-electron chi connectivity index (χ3n) is 4.12. The van der Waals surface area contributed by atoms with Crippen molar-refractivity contribution in [3.63, 3.8) is 0 Å². The Morgan fingerprint density at radius 3 is 2.81 bits per heavy atom. The van der Waals surface area contributed by atoms with E-state index in [1.54, 1.807) is 6.33 Å². The summed E-state index contributed by atoms with van der Waals surface area (Å²) in [7, 11) is 0. The van der Waals surface area contributed by atoms with Crippen LogP contribution in [0.25, 0.3) is 5.69 Å². The molecule has 5 nitrogen and oxygen atoms in total. The van der Waals surface area contributed by atoms with Gasteiger partial charge in [-0.25, -0.2) is 9.67 Å². The molecule has 2 aromatic rings. The van der Waals surface area contributed by atoms with Gasteiger partial charge in [0.2, 0.25) is 0 Å². The molecular weight excluding hydrogens is 264 g/mol. The molecule has 112 valence electrons. The molecule has 2 heterocycles. The van der Waals surface area contributed by atoms with Crippen LogP contribution in [0.1, 0.15) is 25.6 Å². The lowest BCUT2D eigenvalue weighted by Gasteiger charge is -2.28. The van der Waals surface area contributed by atoms with Gasteiger partial charge in [0.1, 0.15) is 6.33 Å². The van der Waals surface area contributed by atoms with Gasteiger partial charge in [-0.3, -0.25) is 0 Å². The highest BCUT2D eigenvalue weighted by Crippen LogP contribution is 2.18. The Balaban J connectivity index is 1.55. The number of rotatable bonds is 5. The number of benzene rings is 1. The second kappa shape index (κ2) is 6.83. The molecule has 1 aromatic carbocycles. The molecular formula is C16H22N4O. The van der Waals surface area contributed by atoms with Crippen molar-refractivity contribution in [3.05, 3.63) is 42.5 Å². The van der Waals surface area contributed by atoms with E-state index in [1.807, 2.05) is 35.0 Å². The van der Waals surface area contributed by atoms with Gasteiger partial charge in [0.25, 0.3) is 0 Å². The smallest absolute Gasteiger partial charge is 0.164 e. The summed E-state index contributed by atoms with van der Waals surface area (Å²) in [6.07, 6.45) is 4.05. The van der Waals surface area contributed by atoms with E-state index in [0.29, 0.717) is 18.5 Å². The van der Waals surface area contributed by atoms with Gasteiger partial charge in [-0.1, -0.05) is 18.2 Å². The summed E-state index contributed by atoms with van der Waals surface area (Å²) < 4.78 is 7.22. The zero-order chi connectivity index (χ0) is 14.5. The average Bonchev–Trinajstić information content (AvgIpc) is 3.03. The number of hydrogen-bond acceptors (Lipinski definition) is 4. The van der Waals surface area contributed by atoms with E-state index in [9.17, 15) is 0 Å². The second-order valence-corrected chi connectivity index (χ2v) is 5.56. The van der Waals surface area contributed by atoms with Crippen molar-refractivity contribution in [2.24, 2.45) is 5.92 Å². The van der Waals surface area contributed by atoms with Crippen molar-refractivity contribution < 1.29 is 4.74 Å². The van der Waals surface area contributed by atoms with E-state index in [0.717, 1.165) is 37.6 Å². The van der Waals surface area contributed by atoms with E-state index in [-0.39, 0.29) is 0 Å². The normalized spacial score (nSPS) is 17.8. The van der Waals surface area contributed by atoms with Gasteiger partial charge in [-0.05, 0) is 37.8 Å². The van der Waals surface area contributed by atoms with Gasteiger partial charge >= 0.3 is 0 Å². The van der Waals surface area contributed by atoms with E-state index in [2.05, 4.69) is 22.3 Å². The van der Waals surface area contributed by atoms with Gasteiger partial charge < -0.3 is 10.1 Å². The summed E-state index contributed by atoms with van der Waals surface area (Å²) in [5, 5.41) is 8.06. The molecule has 0 amide bonds. The summed E-state index contributed by atoms with van der Waals surface area (Å²) in [6, 6.07) is 10.5. The Labute approximate surface area is 125 Å². The lowest BCUT2D eigenvalue weighted by molar-refractivity contribution is 0.0557. The Bertz CT molecular complexity index is 548. The summed E-state index contributed by atoms with van der Waals surface area (Å²) in [6.45, 7) is 4.72. The van der Waals surface area contributed by atoms with Crippen LogP contribution in [-0.2, 0) is 11.3 Å². The molecule has 1 aliphatic rings. The lowest BCUT2D eigenvalue weighted by atomic mass is 9.93. The van der Waals surface area contributed by atoms with Crippen LogP contribution in [0.5, 0.6) is 0 Å². The van der Waals surface area contributed by atoms with Crippen LogP contribution in [0.15, 0.2) is 36.7 Å². The van der Waals surface area contributed by atoms with Crippen molar-refractivity contribution in [1.82, 2.24) is 20.1 Å². The van der Waals surface area contributed by atoms with Crippen molar-refractivity contribution in [2.45, 2.75) is 32.4 Å². The molecule has 1 N–H and O–H groups in total. The Morgan fingerprint density at radius 2 is 2.05 bits per heavy atom. The van der Waals surface area contributed by atoms with Gasteiger partial charge in [-0.15, -0.1) is 5.10 Å². The number of nitrogens with one attached hydrogen (secondary N) is 1. The van der Waals surface area contributed by atoms with E-state index in [4.69, 9.17) is 4.74 Å². The maximum Gasteiger partial charge on any atom is 0.164 e. The summed E-state index contributed by atoms with van der Waals surface area (Å²) in [5.74, 6) is 1.52. The zero-order valence-electron chi connectivity index (χ0n) is 12.4. The summed E-state index contributed by atoms with van der Waals surface area (Å²) in [4.78, 5) is 4.37. The quantitative estimate of drug-likeness (QED) is 0.915. The highest BCUT2D eigenvalue weighted by atomic mass is 16.5. The predicted molar refractivity (Wildman–Crippen MR) is 81.2 cm³/mol. The van der Waals surface area contributed by atoms with Crippen LogP contribution in [0.3, 0.4) is 0 Å². The molecule has 5 heteroatoms. The molecule has 21 heavy (non-hydrogen) atoms. The minimum atomic E-state index is 0.470. The number of para-hydroxylation sites is 1. The maximum atomic E-state index is 5.41. The third-order valence-corrected chi connectivity index (χ3v) is 4.12. The molecule has 0 aliphatic carbocycles. The number of hydrogen-bond donors (Lipinski definition) is 1. The Morgan fingerprint density at radius 1 is 1.29 bits per heavy atom. The van der Waals surface area contributed by atoms with Crippen LogP contribution < -0.4 is 5.32 Å². The number of aromatic nitrogens is 3. The van der Waals surface area contributed by atoms with Crippen molar-refractivity contribution in [2.75, 3.05) is 13.2 Å². The van der Waals surface area contributed by atoms with E-state index < -0.39 is 0 Å². The van der Waals surface area contributed by atoms with Crippen molar-refractivity contribution in [3.8, 4) is 5.69 Å². The molecule has 1 unspecified atom stereocenters. The fraction of sp³-hybridized carbons (Fsp3) is 0.500. The minimum Gasteiger partial charge on any atom is -0.381 e. The first-order valence-electron chi connectivity index (χ1n) is 7.60. The van der Waals surface area contributed by atoms with Gasteiger partial charge in [0.05, 0.1) is 12.2 Å². The molecule has 1 saturated heterocycles. The summed E-state index contributed by atoms with van der Waals surface area (Å²) >= 11 is 0. The van der Waals surface area contributed by atoms with E-state index in [1.165, 1.54) is 0 Å². The minimum absolute atomic E-state index is 0.470. The van der Waals surface area contributed by atoms with Crippen LogP contribution >= 0.6 is 0 Å². The molecule has 1 aromatic heterocycles. The number of nitrogens with zero attached hydrogens (tertiary/aromatic N) is 3. The Kier molecular flexibility index (Phi) is 4.62. The number of ether oxygens (including phenoxy) is 1. The molecule has 0 spiro atoms. The SMILES string of the molecule is CC(NCc1ncn(-c2ccccc2)n1)C1CCOCC1. The van der Waals surface area contributed by atoms with Gasteiger partial charge in [-0.2, -0.15) is 0 Å². The highest BCUT2D eigenvalue weighted by Gasteiger charge is 2.20. The van der Waals surface area contributed by atoms with Crippen molar-refractivity contribution in [1.29, 1.82) is 0 Å². The molecule has 1 aliphatic heterocycles. The first kappa shape index (κ1) is 14.2. The van der Waals surface area contributed by atoms with Gasteiger partial charge in [0.15, 0.2) is 5.82 Å². The highest BCUT2D eigenvalue weighted by molar-refractivity contribution is 5.29. The monoisotopic (exact) mass is 286 g/mol. The predicted octanol–water partition coefficient (Wildman–Crippen LogP) is 2.17. The second-order valence-electron chi connectivity index (χ2n) is 5.56. The van der Waals surface area contributed by atoms with Gasteiger partial charge in [0, 0.05) is 19.3 Å². The first-order chi connectivity index (χ1) is 10.3. The maximum absolute atomic E-state index is 5.41. The fourth-order valence-electron chi connectivity index (χ4n) is 2.72. The zero-order valence-corrected chi connectivity index (χ0v) is 12.4. The van der Waals surface area contributed by atoms with Crippen LogP contribution in [0.4, 0.5) is 0 Å². The molecule has 0 radical (unpaired) electrons. The average molecular weight is 286 g/mol. The Hall–Kier alpha value is -1.72. The first-order valence-corrected chi connectivity index (χ1v) is 7.60. The summed E-state index contributed by atoms with van der Waals surface area (Å²) in [5.41, 5.74) is 1.04. The topological polar surface area (TPSA) is 52.0 Å². The lowest BCUT2D eigenvalue weighted by Crippen LogP contribution is -2.36. The van der Waals surface area contributed by atoms with Crippen LogP contribution in [0, 0.1) is 5.92 Å². The molecule has 0 saturated carbocycles. The fourth-order valence-corrected chi connectivity index (χ4v) is 2.72. The largest absolute Gasteiger partial charge is 0.381 e. The third kappa shape index (κ3) is 3.68. The molecule has 1 atom stereocenters. The molecule has 3 rings (SSSR count). The van der Waals surface area contributed by atoms with Crippen LogP contribution in [-0.4, -0.2) is 34.0 Å². The molecule has 1 fully saturated rings. The standard InChI is InChI=1S/C16H22N4O/c1-13(14-7-9-21-10-8-14)17-11-16-18-12-20(19-16)15-5-3-2-4-6-15/h2-6,12-14,17H,7-11H2,1H3. The molecule has 0 bridgehead atoms. The van der Waals surface area contributed by atoms with Crippen molar-refractivity contribution >= 4 is 0 Å². The van der Waals surface area contributed by atoms with Crippen LogP contribution in [0.2, 0.25) is 0 Å². The van der Waals surface area contributed by atoms with E-state index >= 15 is 0 Å².